The number of carbonyl (C=O) groups is 1. The number of hydrogen-bond donors (Lipinski definition) is 2. The number of amides is 1. The van der Waals surface area contributed by atoms with Crippen molar-refractivity contribution in [2.75, 3.05) is 33.0 Å². The second-order valence-electron chi connectivity index (χ2n) is 8.45. The number of aromatic nitrogens is 2. The van der Waals surface area contributed by atoms with Crippen LogP contribution in [0.25, 0.3) is 11.0 Å². The summed E-state index contributed by atoms with van der Waals surface area (Å²) in [7, 11) is 0. The van der Waals surface area contributed by atoms with E-state index >= 15 is 0 Å². The quantitative estimate of drug-likeness (QED) is 0.817. The molecule has 0 unspecified atom stereocenters. The SMILES string of the molecule is Cc1nc2ccc(CC(=O)N3C[C@H]4COCC[C@@]4(O)[C@@H]4COCC[C@@H]43)cc2[nH]1. The largest absolute Gasteiger partial charge is 0.389 e. The predicted molar refractivity (Wildman–Crippen MR) is 103 cm³/mol. The smallest absolute Gasteiger partial charge is 0.227 e. The summed E-state index contributed by atoms with van der Waals surface area (Å²) < 4.78 is 11.3. The predicted octanol–water partition coefficient (Wildman–Crippen LogP) is 1.43. The highest BCUT2D eigenvalue weighted by molar-refractivity contribution is 5.82. The first-order valence-corrected chi connectivity index (χ1v) is 10.2. The molecule has 1 aromatic heterocycles. The summed E-state index contributed by atoms with van der Waals surface area (Å²) in [6, 6.07) is 5.99. The fraction of sp³-hybridized carbons (Fsp3) is 0.619. The monoisotopic (exact) mass is 385 g/mol. The zero-order chi connectivity index (χ0) is 19.3. The molecule has 0 saturated carbocycles. The third-order valence-corrected chi connectivity index (χ3v) is 6.79. The molecule has 3 aliphatic rings. The fourth-order valence-electron chi connectivity index (χ4n) is 5.32. The van der Waals surface area contributed by atoms with Gasteiger partial charge in [0.25, 0.3) is 0 Å². The van der Waals surface area contributed by atoms with Crippen molar-refractivity contribution >= 4 is 16.9 Å². The van der Waals surface area contributed by atoms with Crippen molar-refractivity contribution in [2.45, 2.75) is 37.8 Å². The lowest BCUT2D eigenvalue weighted by atomic mass is 9.66. The number of aromatic amines is 1. The number of piperidine rings is 1. The number of ether oxygens (including phenoxy) is 2. The van der Waals surface area contributed by atoms with Crippen LogP contribution in [0.3, 0.4) is 0 Å². The Kier molecular flexibility index (Phi) is 4.41. The van der Waals surface area contributed by atoms with Gasteiger partial charge in [-0.05, 0) is 31.0 Å². The van der Waals surface area contributed by atoms with E-state index in [9.17, 15) is 9.90 Å². The average molecular weight is 385 g/mol. The molecule has 2 N–H and O–H groups in total. The van der Waals surface area contributed by atoms with E-state index in [0.29, 0.717) is 45.8 Å². The van der Waals surface area contributed by atoms with E-state index in [1.807, 2.05) is 30.0 Å². The lowest BCUT2D eigenvalue weighted by Gasteiger charge is -2.57. The second kappa shape index (κ2) is 6.83. The molecule has 0 bridgehead atoms. The normalized spacial score (nSPS) is 32.8. The third-order valence-electron chi connectivity index (χ3n) is 6.79. The molecule has 3 fully saturated rings. The Balaban J connectivity index is 1.39. The van der Waals surface area contributed by atoms with Crippen molar-refractivity contribution in [1.29, 1.82) is 0 Å². The van der Waals surface area contributed by atoms with Crippen LogP contribution in [0, 0.1) is 18.8 Å². The van der Waals surface area contributed by atoms with Gasteiger partial charge < -0.3 is 24.5 Å². The molecule has 4 heterocycles. The lowest BCUT2D eigenvalue weighted by molar-refractivity contribution is -0.219. The summed E-state index contributed by atoms with van der Waals surface area (Å²) in [5.41, 5.74) is 2.07. The average Bonchev–Trinajstić information content (AvgIpc) is 3.06. The number of aryl methyl sites for hydroxylation is 1. The Morgan fingerprint density at radius 1 is 1.36 bits per heavy atom. The molecule has 7 heteroatoms. The van der Waals surface area contributed by atoms with Gasteiger partial charge >= 0.3 is 0 Å². The van der Waals surface area contributed by atoms with Crippen LogP contribution in [0.4, 0.5) is 0 Å². The molecule has 28 heavy (non-hydrogen) atoms. The van der Waals surface area contributed by atoms with E-state index < -0.39 is 5.60 Å². The number of nitrogens with zero attached hydrogens (tertiary/aromatic N) is 2. The Labute approximate surface area is 164 Å². The second-order valence-corrected chi connectivity index (χ2v) is 8.45. The minimum Gasteiger partial charge on any atom is -0.389 e. The van der Waals surface area contributed by atoms with Gasteiger partial charge in [-0.25, -0.2) is 4.98 Å². The third kappa shape index (κ3) is 2.93. The fourth-order valence-corrected chi connectivity index (χ4v) is 5.32. The van der Waals surface area contributed by atoms with Gasteiger partial charge in [-0.3, -0.25) is 4.79 Å². The summed E-state index contributed by atoms with van der Waals surface area (Å²) in [5, 5.41) is 11.4. The van der Waals surface area contributed by atoms with Crippen molar-refractivity contribution in [3.05, 3.63) is 29.6 Å². The molecule has 3 aliphatic heterocycles. The van der Waals surface area contributed by atoms with Crippen molar-refractivity contribution < 1.29 is 19.4 Å². The first-order chi connectivity index (χ1) is 13.5. The van der Waals surface area contributed by atoms with Gasteiger partial charge in [-0.15, -0.1) is 0 Å². The number of nitrogens with one attached hydrogen (secondary N) is 1. The number of H-pyrrole nitrogens is 1. The van der Waals surface area contributed by atoms with Crippen LogP contribution in [0.5, 0.6) is 0 Å². The first-order valence-electron chi connectivity index (χ1n) is 10.2. The highest BCUT2D eigenvalue weighted by Gasteiger charge is 2.56. The molecule has 2 aromatic rings. The zero-order valence-electron chi connectivity index (χ0n) is 16.2. The maximum atomic E-state index is 13.3. The molecule has 3 saturated heterocycles. The van der Waals surface area contributed by atoms with Gasteiger partial charge in [0.2, 0.25) is 5.91 Å². The van der Waals surface area contributed by atoms with Crippen LogP contribution in [0.2, 0.25) is 0 Å². The van der Waals surface area contributed by atoms with Crippen molar-refractivity contribution in [3.63, 3.8) is 0 Å². The Morgan fingerprint density at radius 2 is 2.21 bits per heavy atom. The standard InChI is InChI=1S/C21H27N3O4/c1-13-22-17-3-2-14(8-18(17)23-13)9-20(25)24-10-15-11-28-7-5-21(15,26)16-12-27-6-4-19(16)24/h2-3,8,15-16,19,26H,4-7,9-12H2,1H3,(H,22,23)/t15-,16+,19-,21-/m0/s1. The maximum absolute atomic E-state index is 13.3. The number of benzene rings is 1. The van der Waals surface area contributed by atoms with Gasteiger partial charge in [-0.1, -0.05) is 6.07 Å². The number of likely N-dealkylation sites (tertiary alicyclic amines) is 1. The number of rotatable bonds is 2. The number of imidazole rings is 1. The molecule has 5 rings (SSSR count). The molecule has 0 aliphatic carbocycles. The van der Waals surface area contributed by atoms with Crippen molar-refractivity contribution in [1.82, 2.24) is 14.9 Å². The Hall–Kier alpha value is -1.96. The molecule has 0 radical (unpaired) electrons. The molecule has 1 amide bonds. The highest BCUT2D eigenvalue weighted by atomic mass is 16.5. The Bertz CT molecular complexity index is 897. The Morgan fingerprint density at radius 3 is 3.11 bits per heavy atom. The summed E-state index contributed by atoms with van der Waals surface area (Å²) >= 11 is 0. The number of fused-ring (bicyclic) bond motifs is 4. The van der Waals surface area contributed by atoms with E-state index in [1.165, 1.54) is 0 Å². The maximum Gasteiger partial charge on any atom is 0.227 e. The van der Waals surface area contributed by atoms with Crippen molar-refractivity contribution in [3.8, 4) is 0 Å². The molecular weight excluding hydrogens is 358 g/mol. The van der Waals surface area contributed by atoms with Crippen LogP contribution in [-0.2, 0) is 20.7 Å². The summed E-state index contributed by atoms with van der Waals surface area (Å²) in [4.78, 5) is 22.9. The number of aliphatic hydroxyl groups is 1. The summed E-state index contributed by atoms with van der Waals surface area (Å²) in [6.07, 6.45) is 1.76. The van der Waals surface area contributed by atoms with E-state index in [-0.39, 0.29) is 23.8 Å². The van der Waals surface area contributed by atoms with Crippen LogP contribution in [-0.4, -0.2) is 70.5 Å². The van der Waals surface area contributed by atoms with Gasteiger partial charge in [0, 0.05) is 44.1 Å². The van der Waals surface area contributed by atoms with Gasteiger partial charge in [0.15, 0.2) is 0 Å². The van der Waals surface area contributed by atoms with Crippen LogP contribution >= 0.6 is 0 Å². The van der Waals surface area contributed by atoms with Crippen molar-refractivity contribution in [2.24, 2.45) is 11.8 Å². The summed E-state index contributed by atoms with van der Waals surface area (Å²) in [5.74, 6) is 0.896. The first kappa shape index (κ1) is 18.1. The van der Waals surface area contributed by atoms with Crippen LogP contribution in [0.15, 0.2) is 18.2 Å². The van der Waals surface area contributed by atoms with Gasteiger partial charge in [-0.2, -0.15) is 0 Å². The van der Waals surface area contributed by atoms with E-state index in [0.717, 1.165) is 28.8 Å². The minimum absolute atomic E-state index is 0.0365. The van der Waals surface area contributed by atoms with E-state index in [1.54, 1.807) is 0 Å². The van der Waals surface area contributed by atoms with Gasteiger partial charge in [0.1, 0.15) is 5.82 Å². The molecule has 150 valence electrons. The van der Waals surface area contributed by atoms with Crippen LogP contribution in [0.1, 0.15) is 24.2 Å². The van der Waals surface area contributed by atoms with E-state index in [2.05, 4.69) is 9.97 Å². The number of hydrogen-bond acceptors (Lipinski definition) is 5. The number of carbonyl (C=O) groups excluding carboxylic acids is 1. The van der Waals surface area contributed by atoms with E-state index in [4.69, 9.17) is 9.47 Å². The molecule has 4 atom stereocenters. The summed E-state index contributed by atoms with van der Waals surface area (Å²) in [6.45, 7) is 4.72. The highest BCUT2D eigenvalue weighted by Crippen LogP contribution is 2.44. The molecule has 0 spiro atoms. The molecule has 1 aromatic carbocycles. The lowest BCUT2D eigenvalue weighted by Crippen LogP contribution is -2.69. The van der Waals surface area contributed by atoms with Gasteiger partial charge in [0.05, 0.1) is 36.3 Å². The topological polar surface area (TPSA) is 87.7 Å². The van der Waals surface area contributed by atoms with Crippen LogP contribution < -0.4 is 0 Å². The zero-order valence-corrected chi connectivity index (χ0v) is 16.2. The minimum atomic E-state index is -0.785. The molecular formula is C21H27N3O4. The molecule has 7 nitrogen and oxygen atoms in total.